The highest BCUT2D eigenvalue weighted by molar-refractivity contribution is 5.69. The van der Waals surface area contributed by atoms with Gasteiger partial charge in [-0.2, -0.15) is 0 Å². The first-order chi connectivity index (χ1) is 20.4. The van der Waals surface area contributed by atoms with Crippen LogP contribution in [0, 0.1) is 0 Å². The molecule has 1 saturated heterocycles. The molecular formula is C33H56O9. The van der Waals surface area contributed by atoms with E-state index >= 15 is 0 Å². The van der Waals surface area contributed by atoms with Crippen LogP contribution < -0.4 is 0 Å². The van der Waals surface area contributed by atoms with Gasteiger partial charge in [0.15, 0.2) is 6.29 Å². The average Bonchev–Trinajstić information content (AvgIpc) is 2.98. The molecular weight excluding hydrogens is 540 g/mol. The molecule has 242 valence electrons. The summed E-state index contributed by atoms with van der Waals surface area (Å²) in [4.78, 5) is 12.3. The number of aliphatic hydroxyl groups is 4. The van der Waals surface area contributed by atoms with Gasteiger partial charge in [0.1, 0.15) is 30.5 Å². The summed E-state index contributed by atoms with van der Waals surface area (Å²) in [6.45, 7) is 4.14. The monoisotopic (exact) mass is 596 g/mol. The second-order valence-corrected chi connectivity index (χ2v) is 10.5. The maximum Gasteiger partial charge on any atom is 0.306 e. The second-order valence-electron chi connectivity index (χ2n) is 10.5. The molecule has 4 N–H and O–H groups in total. The summed E-state index contributed by atoms with van der Waals surface area (Å²) >= 11 is 0. The number of hydrogen-bond acceptors (Lipinski definition) is 9. The van der Waals surface area contributed by atoms with Crippen molar-refractivity contribution < 1.29 is 44.2 Å². The van der Waals surface area contributed by atoms with Crippen LogP contribution in [0.15, 0.2) is 48.6 Å². The van der Waals surface area contributed by atoms with Gasteiger partial charge in [0.05, 0.1) is 19.8 Å². The van der Waals surface area contributed by atoms with Crippen molar-refractivity contribution in [1.82, 2.24) is 0 Å². The Bertz CT molecular complexity index is 777. The van der Waals surface area contributed by atoms with Crippen LogP contribution in [0.25, 0.3) is 0 Å². The maximum absolute atomic E-state index is 12.3. The predicted octanol–water partition coefficient (Wildman–Crippen LogP) is 4.68. The van der Waals surface area contributed by atoms with E-state index in [1.807, 2.05) is 0 Å². The highest BCUT2D eigenvalue weighted by Crippen LogP contribution is 2.22. The van der Waals surface area contributed by atoms with E-state index in [0.717, 1.165) is 70.6 Å². The summed E-state index contributed by atoms with van der Waals surface area (Å²) in [5.74, 6) is -0.354. The Kier molecular flexibility index (Phi) is 23.3. The van der Waals surface area contributed by atoms with Crippen LogP contribution in [-0.4, -0.2) is 89.6 Å². The number of unbranched alkanes of at least 4 members (excludes halogenated alkanes) is 5. The van der Waals surface area contributed by atoms with Crippen molar-refractivity contribution in [2.75, 3.05) is 26.4 Å². The molecule has 0 radical (unpaired) electrons. The minimum absolute atomic E-state index is 0.119. The van der Waals surface area contributed by atoms with E-state index in [1.54, 1.807) is 0 Å². The molecule has 1 aliphatic rings. The molecule has 0 aromatic heterocycles. The third kappa shape index (κ3) is 18.0. The summed E-state index contributed by atoms with van der Waals surface area (Å²) in [5.41, 5.74) is 0. The number of hydrogen-bond donors (Lipinski definition) is 4. The van der Waals surface area contributed by atoms with Crippen molar-refractivity contribution in [3.63, 3.8) is 0 Å². The number of rotatable bonds is 24. The summed E-state index contributed by atoms with van der Waals surface area (Å²) in [7, 11) is 0. The van der Waals surface area contributed by atoms with E-state index in [2.05, 4.69) is 62.5 Å². The normalized spacial score (nSPS) is 24.0. The predicted molar refractivity (Wildman–Crippen MR) is 164 cm³/mol. The molecule has 0 amide bonds. The van der Waals surface area contributed by atoms with Gasteiger partial charge in [-0.3, -0.25) is 4.79 Å². The summed E-state index contributed by atoms with van der Waals surface area (Å²) in [5, 5.41) is 39.5. The smallest absolute Gasteiger partial charge is 0.306 e. The number of allylic oxidation sites excluding steroid dienone is 8. The molecule has 42 heavy (non-hydrogen) atoms. The number of aliphatic hydroxyl groups excluding tert-OH is 4. The number of ether oxygens (including phenoxy) is 4. The maximum atomic E-state index is 12.3. The van der Waals surface area contributed by atoms with Crippen LogP contribution in [0.3, 0.4) is 0 Å². The van der Waals surface area contributed by atoms with Crippen molar-refractivity contribution in [3.05, 3.63) is 48.6 Å². The number of carbonyl (C=O) groups is 1. The molecule has 9 nitrogen and oxygen atoms in total. The van der Waals surface area contributed by atoms with Gasteiger partial charge >= 0.3 is 5.97 Å². The largest absolute Gasteiger partial charge is 0.457 e. The first kappa shape index (κ1) is 38.2. The highest BCUT2D eigenvalue weighted by Gasteiger charge is 2.44. The van der Waals surface area contributed by atoms with Crippen LogP contribution >= 0.6 is 0 Å². The Hall–Kier alpha value is -1.85. The molecule has 0 saturated carbocycles. The lowest BCUT2D eigenvalue weighted by molar-refractivity contribution is -0.305. The SMILES string of the molecule is CC/C=C\C/C=C\C/C=C\C/C=C\CCCCCOCC(COC1OC(CO)C(O)C(O)C1O)OC(=O)CCCCC. The average molecular weight is 597 g/mol. The summed E-state index contributed by atoms with van der Waals surface area (Å²) in [6.07, 6.45) is 20.8. The standard InChI is InChI=1S/C33H56O9/c1-3-5-7-8-9-10-11-12-13-14-15-16-17-18-19-21-23-39-25-27(41-29(35)22-20-6-4-2)26-40-33-32(38)31(37)30(36)28(24-34)42-33/h5,7,9-10,12-13,15-16,27-28,30-34,36-38H,3-4,6,8,11,14,17-26H2,1-2H3/b7-5-,10-9-,13-12-,16-15-. The minimum Gasteiger partial charge on any atom is -0.457 e. The van der Waals surface area contributed by atoms with Gasteiger partial charge in [-0.15, -0.1) is 0 Å². The van der Waals surface area contributed by atoms with Gasteiger partial charge in [-0.25, -0.2) is 0 Å². The van der Waals surface area contributed by atoms with E-state index in [0.29, 0.717) is 13.0 Å². The van der Waals surface area contributed by atoms with E-state index in [9.17, 15) is 25.2 Å². The first-order valence-corrected chi connectivity index (χ1v) is 15.7. The van der Waals surface area contributed by atoms with Crippen LogP contribution in [0.1, 0.15) is 90.9 Å². The number of esters is 1. The van der Waals surface area contributed by atoms with Crippen LogP contribution in [0.4, 0.5) is 0 Å². The highest BCUT2D eigenvalue weighted by atomic mass is 16.7. The quantitative estimate of drug-likeness (QED) is 0.0712. The fourth-order valence-corrected chi connectivity index (χ4v) is 4.24. The van der Waals surface area contributed by atoms with Gasteiger partial charge in [-0.05, 0) is 51.4 Å². The van der Waals surface area contributed by atoms with Gasteiger partial charge in [0, 0.05) is 13.0 Å². The molecule has 9 heteroatoms. The van der Waals surface area contributed by atoms with Gasteiger partial charge < -0.3 is 39.4 Å². The topological polar surface area (TPSA) is 135 Å². The number of carbonyl (C=O) groups excluding carboxylic acids is 1. The molecule has 1 aliphatic heterocycles. The Morgan fingerprint density at radius 2 is 1.45 bits per heavy atom. The fraction of sp³-hybridized carbons (Fsp3) is 0.727. The van der Waals surface area contributed by atoms with Crippen LogP contribution in [0.2, 0.25) is 0 Å². The van der Waals surface area contributed by atoms with E-state index in [4.69, 9.17) is 18.9 Å². The summed E-state index contributed by atoms with van der Waals surface area (Å²) in [6, 6.07) is 0. The molecule has 0 spiro atoms. The van der Waals surface area contributed by atoms with Crippen molar-refractivity contribution in [2.45, 2.75) is 128 Å². The summed E-state index contributed by atoms with van der Waals surface area (Å²) < 4.78 is 22.3. The lowest BCUT2D eigenvalue weighted by atomic mass is 9.99. The molecule has 6 atom stereocenters. The minimum atomic E-state index is -1.54. The fourth-order valence-electron chi connectivity index (χ4n) is 4.24. The molecule has 0 aromatic rings. The second kappa shape index (κ2) is 25.6. The Balaban J connectivity index is 2.30. The van der Waals surface area contributed by atoms with Crippen molar-refractivity contribution >= 4 is 5.97 Å². The molecule has 1 rings (SSSR count). The molecule has 6 unspecified atom stereocenters. The molecule has 0 bridgehead atoms. The molecule has 1 fully saturated rings. The van der Waals surface area contributed by atoms with Crippen LogP contribution in [0.5, 0.6) is 0 Å². The van der Waals surface area contributed by atoms with Gasteiger partial charge in [0.2, 0.25) is 0 Å². The lowest BCUT2D eigenvalue weighted by Crippen LogP contribution is -2.59. The zero-order valence-corrected chi connectivity index (χ0v) is 25.7. The van der Waals surface area contributed by atoms with Crippen molar-refractivity contribution in [2.24, 2.45) is 0 Å². The zero-order chi connectivity index (χ0) is 30.8. The zero-order valence-electron chi connectivity index (χ0n) is 25.7. The van der Waals surface area contributed by atoms with Crippen molar-refractivity contribution in [1.29, 1.82) is 0 Å². The third-order valence-corrected chi connectivity index (χ3v) is 6.76. The lowest BCUT2D eigenvalue weighted by Gasteiger charge is -2.39. The van der Waals surface area contributed by atoms with E-state index in [1.165, 1.54) is 0 Å². The van der Waals surface area contributed by atoms with Gasteiger partial charge in [-0.1, -0.05) is 81.7 Å². The molecule has 0 aliphatic carbocycles. The van der Waals surface area contributed by atoms with Crippen LogP contribution in [-0.2, 0) is 23.7 Å². The Morgan fingerprint density at radius 1 is 0.786 bits per heavy atom. The Morgan fingerprint density at radius 3 is 2.10 bits per heavy atom. The van der Waals surface area contributed by atoms with E-state index < -0.39 is 43.4 Å². The first-order valence-electron chi connectivity index (χ1n) is 15.7. The molecule has 1 heterocycles. The molecule has 0 aromatic carbocycles. The van der Waals surface area contributed by atoms with Gasteiger partial charge in [0.25, 0.3) is 0 Å². The van der Waals surface area contributed by atoms with Crippen molar-refractivity contribution in [3.8, 4) is 0 Å². The van der Waals surface area contributed by atoms with E-state index in [-0.39, 0.29) is 19.2 Å². The Labute approximate surface area is 252 Å². The third-order valence-electron chi connectivity index (χ3n) is 6.76.